The first-order valence-electron chi connectivity index (χ1n) is 4.26. The maximum Gasteiger partial charge on any atom is 0.221 e. The second-order valence-electron chi connectivity index (χ2n) is 3.13. The molecule has 0 heterocycles. The Hall–Kier alpha value is -2.04. The number of benzene rings is 1. The van der Waals surface area contributed by atoms with Crippen molar-refractivity contribution in [2.75, 3.05) is 5.32 Å². The van der Waals surface area contributed by atoms with E-state index in [1.165, 1.54) is 26.0 Å². The van der Waals surface area contributed by atoms with Crippen molar-refractivity contribution in [3.05, 3.63) is 17.7 Å². The van der Waals surface area contributed by atoms with Crippen molar-refractivity contribution < 1.29 is 19.8 Å². The highest BCUT2D eigenvalue weighted by molar-refractivity contribution is 6.00. The van der Waals surface area contributed by atoms with Crippen molar-refractivity contribution >= 4 is 17.4 Å². The molecule has 0 aliphatic rings. The van der Waals surface area contributed by atoms with E-state index in [2.05, 4.69) is 5.32 Å². The van der Waals surface area contributed by atoms with E-state index in [1.807, 2.05) is 0 Å². The molecule has 0 aliphatic carbocycles. The van der Waals surface area contributed by atoms with Crippen molar-refractivity contribution in [2.45, 2.75) is 13.8 Å². The third-order valence-corrected chi connectivity index (χ3v) is 1.77. The van der Waals surface area contributed by atoms with Gasteiger partial charge in [0.25, 0.3) is 0 Å². The molecule has 0 spiro atoms. The number of hydrogen-bond donors (Lipinski definition) is 3. The van der Waals surface area contributed by atoms with Gasteiger partial charge in [-0.1, -0.05) is 0 Å². The van der Waals surface area contributed by atoms with Gasteiger partial charge in [0.1, 0.15) is 17.1 Å². The summed E-state index contributed by atoms with van der Waals surface area (Å²) in [6, 6.07) is 2.41. The number of carbonyl (C=O) groups is 2. The van der Waals surface area contributed by atoms with Crippen molar-refractivity contribution in [2.24, 2.45) is 0 Å². The summed E-state index contributed by atoms with van der Waals surface area (Å²) in [5, 5.41) is 21.2. The Bertz CT molecular complexity index is 402. The fourth-order valence-corrected chi connectivity index (χ4v) is 1.25. The van der Waals surface area contributed by atoms with Crippen molar-refractivity contribution in [3.63, 3.8) is 0 Å². The molecule has 1 rings (SSSR count). The van der Waals surface area contributed by atoms with Gasteiger partial charge in [-0.25, -0.2) is 0 Å². The van der Waals surface area contributed by atoms with E-state index in [-0.39, 0.29) is 28.7 Å². The van der Waals surface area contributed by atoms with Gasteiger partial charge in [0.2, 0.25) is 5.91 Å². The zero-order chi connectivity index (χ0) is 11.6. The number of carbonyl (C=O) groups excluding carboxylic acids is 2. The van der Waals surface area contributed by atoms with Crippen LogP contribution in [0.25, 0.3) is 0 Å². The lowest BCUT2D eigenvalue weighted by Gasteiger charge is -2.07. The maximum absolute atomic E-state index is 11.0. The summed E-state index contributed by atoms with van der Waals surface area (Å²) in [5.74, 6) is -1.48. The van der Waals surface area contributed by atoms with E-state index in [4.69, 9.17) is 0 Å². The molecule has 0 unspecified atom stereocenters. The molecule has 80 valence electrons. The number of hydrogen-bond acceptors (Lipinski definition) is 4. The lowest BCUT2D eigenvalue weighted by atomic mass is 10.1. The standard InChI is InChI=1S/C10H11NO4/c1-5(12)10-8(14)3-7(4-9(10)15)11-6(2)13/h3-4,14-15H,1-2H3,(H,11,13). The topological polar surface area (TPSA) is 86.6 Å². The Morgan fingerprint density at radius 3 is 1.93 bits per heavy atom. The average Bonchev–Trinajstić information content (AvgIpc) is 1.99. The van der Waals surface area contributed by atoms with Crippen LogP contribution in [-0.2, 0) is 4.79 Å². The van der Waals surface area contributed by atoms with Gasteiger partial charge in [-0.15, -0.1) is 0 Å². The van der Waals surface area contributed by atoms with Crippen LogP contribution in [0, 0.1) is 0 Å². The average molecular weight is 209 g/mol. The van der Waals surface area contributed by atoms with Crippen LogP contribution in [-0.4, -0.2) is 21.9 Å². The van der Waals surface area contributed by atoms with E-state index < -0.39 is 5.78 Å². The SMILES string of the molecule is CC(=O)Nc1cc(O)c(C(C)=O)c(O)c1. The number of nitrogens with one attached hydrogen (secondary N) is 1. The Morgan fingerprint density at radius 1 is 1.13 bits per heavy atom. The molecule has 5 nitrogen and oxygen atoms in total. The van der Waals surface area contributed by atoms with Gasteiger partial charge >= 0.3 is 0 Å². The monoisotopic (exact) mass is 209 g/mol. The van der Waals surface area contributed by atoms with Gasteiger partial charge in [0, 0.05) is 24.7 Å². The zero-order valence-electron chi connectivity index (χ0n) is 8.37. The fourth-order valence-electron chi connectivity index (χ4n) is 1.25. The van der Waals surface area contributed by atoms with Crippen molar-refractivity contribution in [3.8, 4) is 11.5 Å². The quantitative estimate of drug-likeness (QED) is 0.640. The second kappa shape index (κ2) is 4.00. The Labute approximate surface area is 86.4 Å². The molecule has 0 atom stereocenters. The van der Waals surface area contributed by atoms with Crippen LogP contribution in [0.1, 0.15) is 24.2 Å². The summed E-state index contributed by atoms with van der Waals surface area (Å²) in [6.45, 7) is 2.53. The summed E-state index contributed by atoms with van der Waals surface area (Å²) in [7, 11) is 0. The van der Waals surface area contributed by atoms with Gasteiger partial charge in [-0.2, -0.15) is 0 Å². The van der Waals surface area contributed by atoms with Crippen LogP contribution in [0.5, 0.6) is 11.5 Å². The highest BCUT2D eigenvalue weighted by Gasteiger charge is 2.14. The molecule has 1 amide bonds. The minimum atomic E-state index is -0.445. The molecule has 0 saturated heterocycles. The minimum Gasteiger partial charge on any atom is -0.507 e. The Kier molecular flexibility index (Phi) is 2.94. The third kappa shape index (κ3) is 2.46. The normalized spacial score (nSPS) is 9.73. The van der Waals surface area contributed by atoms with Crippen molar-refractivity contribution in [1.29, 1.82) is 0 Å². The molecule has 1 aromatic rings. The van der Waals surface area contributed by atoms with Crippen LogP contribution in [0.2, 0.25) is 0 Å². The lowest BCUT2D eigenvalue weighted by molar-refractivity contribution is -0.114. The highest BCUT2D eigenvalue weighted by atomic mass is 16.3. The largest absolute Gasteiger partial charge is 0.507 e. The molecular formula is C10H11NO4. The number of Topliss-reactive ketones (excluding diaryl/α,β-unsaturated/α-hetero) is 1. The van der Waals surface area contributed by atoms with Crippen molar-refractivity contribution in [1.82, 2.24) is 0 Å². The van der Waals surface area contributed by atoms with Gasteiger partial charge in [-0.3, -0.25) is 9.59 Å². The first-order valence-corrected chi connectivity index (χ1v) is 4.26. The summed E-state index contributed by atoms with van der Waals surface area (Å²) < 4.78 is 0. The third-order valence-electron chi connectivity index (χ3n) is 1.77. The van der Waals surface area contributed by atoms with Gasteiger partial charge in [-0.05, 0) is 6.92 Å². The second-order valence-corrected chi connectivity index (χ2v) is 3.13. The smallest absolute Gasteiger partial charge is 0.221 e. The van der Waals surface area contributed by atoms with E-state index in [9.17, 15) is 19.8 Å². The van der Waals surface area contributed by atoms with Gasteiger partial charge in [0.05, 0.1) is 0 Å². The number of ketones is 1. The van der Waals surface area contributed by atoms with E-state index >= 15 is 0 Å². The Morgan fingerprint density at radius 2 is 1.60 bits per heavy atom. The molecule has 3 N–H and O–H groups in total. The van der Waals surface area contributed by atoms with E-state index in [0.717, 1.165) is 0 Å². The molecule has 0 fully saturated rings. The van der Waals surface area contributed by atoms with Crippen LogP contribution >= 0.6 is 0 Å². The zero-order valence-corrected chi connectivity index (χ0v) is 8.37. The van der Waals surface area contributed by atoms with Gasteiger partial charge in [0.15, 0.2) is 5.78 Å². The minimum absolute atomic E-state index is 0.149. The van der Waals surface area contributed by atoms with Crippen LogP contribution in [0.3, 0.4) is 0 Å². The number of aromatic hydroxyl groups is 2. The number of phenolic OH excluding ortho intramolecular Hbond substituents is 2. The molecule has 5 heteroatoms. The van der Waals surface area contributed by atoms with Crippen LogP contribution in [0.4, 0.5) is 5.69 Å². The number of amides is 1. The fraction of sp³-hybridized carbons (Fsp3) is 0.200. The summed E-state index contributed by atoms with van der Waals surface area (Å²) in [5.41, 5.74) is 0.0894. The summed E-state index contributed by atoms with van der Waals surface area (Å²) >= 11 is 0. The Balaban J connectivity index is 3.19. The van der Waals surface area contributed by atoms with Gasteiger partial charge < -0.3 is 15.5 Å². The lowest BCUT2D eigenvalue weighted by Crippen LogP contribution is -2.06. The van der Waals surface area contributed by atoms with Crippen LogP contribution < -0.4 is 5.32 Å². The first-order chi connectivity index (χ1) is 6.91. The van der Waals surface area contributed by atoms with Crippen LogP contribution in [0.15, 0.2) is 12.1 Å². The molecule has 15 heavy (non-hydrogen) atoms. The highest BCUT2D eigenvalue weighted by Crippen LogP contribution is 2.31. The molecule has 0 saturated carbocycles. The van der Waals surface area contributed by atoms with E-state index in [0.29, 0.717) is 0 Å². The number of phenols is 2. The summed E-state index contributed by atoms with van der Waals surface area (Å²) in [4.78, 5) is 21.7. The first kappa shape index (κ1) is 11.0. The maximum atomic E-state index is 11.0. The van der Waals surface area contributed by atoms with E-state index in [1.54, 1.807) is 0 Å². The molecular weight excluding hydrogens is 198 g/mol. The molecule has 0 radical (unpaired) electrons. The predicted octanol–water partition coefficient (Wildman–Crippen LogP) is 1.26. The molecule has 1 aromatic carbocycles. The molecule has 0 bridgehead atoms. The molecule has 0 aromatic heterocycles. The predicted molar refractivity (Wildman–Crippen MR) is 54.1 cm³/mol. The molecule has 0 aliphatic heterocycles. The number of anilines is 1. The number of rotatable bonds is 2. The summed E-state index contributed by atoms with van der Waals surface area (Å²) in [6.07, 6.45) is 0.